The Morgan fingerprint density at radius 3 is 2.90 bits per heavy atom. The third-order valence-corrected chi connectivity index (χ3v) is 2.95. The van der Waals surface area contributed by atoms with Crippen LogP contribution in [0.15, 0.2) is 9.21 Å². The van der Waals surface area contributed by atoms with Crippen molar-refractivity contribution < 1.29 is 18.7 Å². The number of hydrogen-bond acceptors (Lipinski definition) is 6. The molecule has 1 aromatic heterocycles. The number of hydrogen-bond donors (Lipinski definition) is 1. The predicted octanol–water partition coefficient (Wildman–Crippen LogP) is 0.931. The largest absolute Gasteiger partial charge is 0.444 e. The van der Waals surface area contributed by atoms with Gasteiger partial charge in [0.1, 0.15) is 5.60 Å². The minimum Gasteiger partial charge on any atom is -0.444 e. The quantitative estimate of drug-likeness (QED) is 0.891. The van der Waals surface area contributed by atoms with Crippen LogP contribution in [0.25, 0.3) is 0 Å². The summed E-state index contributed by atoms with van der Waals surface area (Å²) in [4.78, 5) is 24.5. The molecular formula is C13H21N3O5. The van der Waals surface area contributed by atoms with Crippen LogP contribution in [0.5, 0.6) is 0 Å². The number of rotatable bonds is 3. The second-order valence-electron chi connectivity index (χ2n) is 5.96. The van der Waals surface area contributed by atoms with Gasteiger partial charge in [0.15, 0.2) is 0 Å². The van der Waals surface area contributed by atoms with E-state index in [4.69, 9.17) is 13.9 Å². The lowest BCUT2D eigenvalue weighted by atomic mass is 10.1. The Bertz CT molecular complexity index is 530. The van der Waals surface area contributed by atoms with E-state index in [-0.39, 0.29) is 12.2 Å². The van der Waals surface area contributed by atoms with Crippen molar-refractivity contribution in [2.45, 2.75) is 45.3 Å². The van der Waals surface area contributed by atoms with Crippen LogP contribution < -0.4 is 5.76 Å². The van der Waals surface area contributed by atoms with Crippen molar-refractivity contribution in [3.05, 3.63) is 16.4 Å². The molecule has 0 bridgehead atoms. The van der Waals surface area contributed by atoms with Crippen molar-refractivity contribution in [1.29, 1.82) is 0 Å². The Hall–Kier alpha value is -1.83. The molecule has 2 rings (SSSR count). The Kier molecular flexibility index (Phi) is 4.66. The second kappa shape index (κ2) is 6.30. The molecule has 1 aromatic rings. The number of morpholine rings is 1. The molecule has 118 valence electrons. The van der Waals surface area contributed by atoms with Crippen molar-refractivity contribution in [1.82, 2.24) is 15.1 Å². The van der Waals surface area contributed by atoms with Crippen LogP contribution in [0.2, 0.25) is 0 Å². The van der Waals surface area contributed by atoms with E-state index in [1.807, 2.05) is 20.8 Å². The molecular weight excluding hydrogens is 278 g/mol. The summed E-state index contributed by atoms with van der Waals surface area (Å²) in [6.45, 7) is 6.95. The van der Waals surface area contributed by atoms with E-state index in [2.05, 4.69) is 10.2 Å². The van der Waals surface area contributed by atoms with E-state index in [9.17, 15) is 9.59 Å². The van der Waals surface area contributed by atoms with Gasteiger partial charge in [-0.1, -0.05) is 0 Å². The van der Waals surface area contributed by atoms with Gasteiger partial charge in [0.25, 0.3) is 0 Å². The summed E-state index contributed by atoms with van der Waals surface area (Å²) in [5.41, 5.74) is -0.511. The first-order chi connectivity index (χ1) is 9.83. The van der Waals surface area contributed by atoms with Crippen molar-refractivity contribution in [3.8, 4) is 0 Å². The number of nitrogens with zero attached hydrogens (tertiary/aromatic N) is 2. The van der Waals surface area contributed by atoms with E-state index < -0.39 is 11.4 Å². The fourth-order valence-electron chi connectivity index (χ4n) is 2.04. The number of amides is 1. The molecule has 0 aliphatic carbocycles. The zero-order valence-electron chi connectivity index (χ0n) is 12.5. The number of carbonyl (C=O) groups excluding carboxylic acids is 1. The van der Waals surface area contributed by atoms with Crippen LogP contribution in [0, 0.1) is 0 Å². The Morgan fingerprint density at radius 2 is 2.29 bits per heavy atom. The van der Waals surface area contributed by atoms with Gasteiger partial charge in [0.2, 0.25) is 5.89 Å². The van der Waals surface area contributed by atoms with Gasteiger partial charge < -0.3 is 18.8 Å². The number of nitrogens with one attached hydrogen (secondary N) is 1. The van der Waals surface area contributed by atoms with Crippen LogP contribution in [-0.4, -0.2) is 52.6 Å². The zero-order valence-corrected chi connectivity index (χ0v) is 12.5. The van der Waals surface area contributed by atoms with Crippen LogP contribution in [0.4, 0.5) is 4.79 Å². The van der Waals surface area contributed by atoms with Crippen LogP contribution in [-0.2, 0) is 15.9 Å². The number of carbonyl (C=O) groups is 1. The maximum Gasteiger partial charge on any atom is 0.434 e. The lowest BCUT2D eigenvalue weighted by Gasteiger charge is -2.34. The molecule has 1 saturated heterocycles. The van der Waals surface area contributed by atoms with Crippen LogP contribution in [0.1, 0.15) is 33.1 Å². The van der Waals surface area contributed by atoms with Crippen LogP contribution in [0.3, 0.4) is 0 Å². The maximum atomic E-state index is 12.0. The number of aryl methyl sites for hydroxylation is 1. The van der Waals surface area contributed by atoms with E-state index >= 15 is 0 Å². The SMILES string of the molecule is CC(C)(C)OC(=O)N1CCO[C@H](CCc2n[nH]c(=O)o2)C1. The van der Waals surface area contributed by atoms with E-state index in [0.717, 1.165) is 0 Å². The molecule has 1 fully saturated rings. The summed E-state index contributed by atoms with van der Waals surface area (Å²) in [5.74, 6) is -0.220. The summed E-state index contributed by atoms with van der Waals surface area (Å²) >= 11 is 0. The molecule has 2 heterocycles. The minimum atomic E-state index is -0.565. The van der Waals surface area contributed by atoms with E-state index in [1.165, 1.54) is 0 Å². The second-order valence-corrected chi connectivity index (χ2v) is 5.96. The molecule has 0 spiro atoms. The highest BCUT2D eigenvalue weighted by Crippen LogP contribution is 2.15. The highest BCUT2D eigenvalue weighted by Gasteiger charge is 2.28. The molecule has 21 heavy (non-hydrogen) atoms. The molecule has 0 aromatic carbocycles. The number of H-pyrrole nitrogens is 1. The highest BCUT2D eigenvalue weighted by molar-refractivity contribution is 5.68. The number of aromatic amines is 1. The van der Waals surface area contributed by atoms with Gasteiger partial charge >= 0.3 is 11.8 Å². The summed E-state index contributed by atoms with van der Waals surface area (Å²) in [6.07, 6.45) is 0.647. The van der Waals surface area contributed by atoms with Crippen molar-refractivity contribution in [2.75, 3.05) is 19.7 Å². The van der Waals surface area contributed by atoms with Crippen molar-refractivity contribution >= 4 is 6.09 Å². The average molecular weight is 299 g/mol. The lowest BCUT2D eigenvalue weighted by molar-refractivity contribution is -0.0447. The molecule has 1 aliphatic rings. The van der Waals surface area contributed by atoms with Crippen molar-refractivity contribution in [2.24, 2.45) is 0 Å². The van der Waals surface area contributed by atoms with E-state index in [0.29, 0.717) is 38.4 Å². The standard InChI is InChI=1S/C13H21N3O5/c1-13(2,3)21-12(18)16-6-7-19-9(8-16)4-5-10-14-15-11(17)20-10/h9H,4-8H2,1-3H3,(H,15,17)/t9-/m1/s1. The summed E-state index contributed by atoms with van der Waals surface area (Å²) in [5, 5.41) is 5.95. The monoisotopic (exact) mass is 299 g/mol. The van der Waals surface area contributed by atoms with Gasteiger partial charge in [-0.15, -0.1) is 5.10 Å². The average Bonchev–Trinajstić information content (AvgIpc) is 2.81. The molecule has 1 N–H and O–H groups in total. The topological polar surface area (TPSA) is 97.7 Å². The van der Waals surface area contributed by atoms with Gasteiger partial charge in [-0.05, 0) is 27.2 Å². The normalized spacial score (nSPS) is 19.6. The van der Waals surface area contributed by atoms with Gasteiger partial charge in [-0.3, -0.25) is 0 Å². The van der Waals surface area contributed by atoms with Crippen LogP contribution >= 0.6 is 0 Å². The first-order valence-corrected chi connectivity index (χ1v) is 6.97. The molecule has 1 atom stereocenters. The summed E-state index contributed by atoms with van der Waals surface area (Å²) < 4.78 is 15.8. The molecule has 0 unspecified atom stereocenters. The zero-order chi connectivity index (χ0) is 15.5. The summed E-state index contributed by atoms with van der Waals surface area (Å²) in [6, 6.07) is 0. The highest BCUT2D eigenvalue weighted by atomic mass is 16.6. The van der Waals surface area contributed by atoms with Gasteiger partial charge in [0.05, 0.1) is 19.3 Å². The Balaban J connectivity index is 1.83. The first kappa shape index (κ1) is 15.6. The van der Waals surface area contributed by atoms with Gasteiger partial charge in [-0.25, -0.2) is 14.7 Å². The molecule has 1 amide bonds. The Labute approximate surface area is 122 Å². The molecule has 0 saturated carbocycles. The maximum absolute atomic E-state index is 12.0. The number of aromatic nitrogens is 2. The molecule has 0 radical (unpaired) electrons. The van der Waals surface area contributed by atoms with Gasteiger partial charge in [-0.2, -0.15) is 0 Å². The smallest absolute Gasteiger partial charge is 0.434 e. The molecule has 8 nitrogen and oxygen atoms in total. The predicted molar refractivity (Wildman–Crippen MR) is 73.0 cm³/mol. The van der Waals surface area contributed by atoms with E-state index in [1.54, 1.807) is 4.90 Å². The molecule has 8 heteroatoms. The van der Waals surface area contributed by atoms with Crippen molar-refractivity contribution in [3.63, 3.8) is 0 Å². The third-order valence-electron chi connectivity index (χ3n) is 2.95. The fourth-order valence-corrected chi connectivity index (χ4v) is 2.04. The fraction of sp³-hybridized carbons (Fsp3) is 0.769. The summed E-state index contributed by atoms with van der Waals surface area (Å²) in [7, 11) is 0. The lowest BCUT2D eigenvalue weighted by Crippen LogP contribution is -2.47. The third kappa shape index (κ3) is 4.89. The Morgan fingerprint density at radius 1 is 1.52 bits per heavy atom. The number of ether oxygens (including phenoxy) is 2. The first-order valence-electron chi connectivity index (χ1n) is 6.97. The molecule has 1 aliphatic heterocycles. The minimum absolute atomic E-state index is 0.117. The van der Waals surface area contributed by atoms with Gasteiger partial charge in [0, 0.05) is 13.0 Å².